The van der Waals surface area contributed by atoms with Gasteiger partial charge in [0.25, 0.3) is 0 Å². The summed E-state index contributed by atoms with van der Waals surface area (Å²) in [5, 5.41) is 0. The number of benzene rings is 2. The average Bonchev–Trinajstić information content (AvgIpc) is 2.73. The number of ether oxygens (including phenoxy) is 1. The van der Waals surface area contributed by atoms with Gasteiger partial charge in [-0.2, -0.15) is 0 Å². The molecule has 31 heavy (non-hydrogen) atoms. The van der Waals surface area contributed by atoms with Crippen molar-refractivity contribution in [2.24, 2.45) is 17.3 Å². The third-order valence-electron chi connectivity index (χ3n) is 7.37. The normalized spacial score (nSPS) is 21.4. The van der Waals surface area contributed by atoms with Crippen LogP contribution in [0.2, 0.25) is 0 Å². The maximum atomic E-state index is 11.8. The molecule has 5 rings (SSSR count). The molecular weight excluding hydrogens is 497 g/mol. The molecule has 1 fully saturated rings. The molecule has 0 radical (unpaired) electrons. The Bertz CT molecular complexity index is 975. The van der Waals surface area contributed by atoms with Gasteiger partial charge in [-0.05, 0) is 58.9 Å². The van der Waals surface area contributed by atoms with Gasteiger partial charge < -0.3 is 33.2 Å². The molecule has 3 aliphatic rings. The van der Waals surface area contributed by atoms with Crippen molar-refractivity contribution in [3.05, 3.63) is 71.3 Å². The maximum Gasteiger partial charge on any atom is 0.337 e. The number of allylic oxidation sites excluding steroid dienone is 1. The Balaban J connectivity index is 0.00000272. The molecule has 3 aliphatic carbocycles. The van der Waals surface area contributed by atoms with Crippen molar-refractivity contribution in [2.45, 2.75) is 33.2 Å². The standard InChI is InChI=1S/C27H34NO2.HI/c1-27(2)24-14-13-23(25(27)16-24)18-28(3,4)17-19-9-11-20(12-10-19)21-7-6-8-22(15-21)26(29)30-5;/h6-13,15,24-25H,14,16-18H2,1-5H3;1H/q+1;/p-1/t24-,25-;/m0./s1. The van der Waals surface area contributed by atoms with E-state index >= 15 is 0 Å². The lowest BCUT2D eigenvalue weighted by Crippen LogP contribution is -3.00. The van der Waals surface area contributed by atoms with E-state index in [2.05, 4.69) is 58.3 Å². The highest BCUT2D eigenvalue weighted by Gasteiger charge is 2.52. The molecule has 0 unspecified atom stereocenters. The van der Waals surface area contributed by atoms with Crippen LogP contribution in [0, 0.1) is 17.3 Å². The summed E-state index contributed by atoms with van der Waals surface area (Å²) in [6.45, 7) is 7.04. The van der Waals surface area contributed by atoms with Crippen LogP contribution < -0.4 is 24.0 Å². The van der Waals surface area contributed by atoms with E-state index in [1.807, 2.05) is 18.2 Å². The van der Waals surface area contributed by atoms with E-state index < -0.39 is 0 Å². The van der Waals surface area contributed by atoms with Crippen LogP contribution in [0.25, 0.3) is 11.1 Å². The minimum Gasteiger partial charge on any atom is -1.00 e. The van der Waals surface area contributed by atoms with Crippen LogP contribution in [0.15, 0.2) is 60.2 Å². The number of esters is 1. The van der Waals surface area contributed by atoms with Crippen LogP contribution in [0.5, 0.6) is 0 Å². The first-order valence-electron chi connectivity index (χ1n) is 11.0. The van der Waals surface area contributed by atoms with Crippen molar-refractivity contribution in [3.8, 4) is 11.1 Å². The Morgan fingerprint density at radius 3 is 2.39 bits per heavy atom. The van der Waals surface area contributed by atoms with Crippen molar-refractivity contribution in [3.63, 3.8) is 0 Å². The number of likely N-dealkylation sites (N-methyl/N-ethyl adjacent to an activating group) is 1. The predicted octanol–water partition coefficient (Wildman–Crippen LogP) is 2.71. The molecule has 2 atom stereocenters. The molecule has 166 valence electrons. The summed E-state index contributed by atoms with van der Waals surface area (Å²) >= 11 is 0. The van der Waals surface area contributed by atoms with Gasteiger partial charge in [-0.15, -0.1) is 0 Å². The highest BCUT2D eigenvalue weighted by atomic mass is 127. The minimum absolute atomic E-state index is 0. The van der Waals surface area contributed by atoms with E-state index in [9.17, 15) is 4.79 Å². The van der Waals surface area contributed by atoms with E-state index in [4.69, 9.17) is 4.74 Å². The molecule has 0 heterocycles. The number of halogens is 1. The monoisotopic (exact) mass is 531 g/mol. The smallest absolute Gasteiger partial charge is 0.337 e. The molecule has 0 amide bonds. The molecule has 4 heteroatoms. The van der Waals surface area contributed by atoms with Gasteiger partial charge in [0.15, 0.2) is 0 Å². The zero-order chi connectivity index (χ0) is 21.5. The quantitative estimate of drug-likeness (QED) is 0.248. The van der Waals surface area contributed by atoms with Crippen LogP contribution in [-0.2, 0) is 11.3 Å². The summed E-state index contributed by atoms with van der Waals surface area (Å²) in [5.74, 6) is 1.37. The number of carbonyl (C=O) groups is 1. The van der Waals surface area contributed by atoms with Crippen LogP contribution in [-0.4, -0.2) is 38.2 Å². The number of hydrogen-bond acceptors (Lipinski definition) is 2. The fourth-order valence-electron chi connectivity index (χ4n) is 5.45. The first kappa shape index (κ1) is 24.0. The Labute approximate surface area is 204 Å². The molecule has 0 spiro atoms. The van der Waals surface area contributed by atoms with Gasteiger partial charge in [0.1, 0.15) is 13.1 Å². The lowest BCUT2D eigenvalue weighted by atomic mass is 9.49. The first-order valence-corrected chi connectivity index (χ1v) is 11.0. The molecule has 2 aromatic rings. The summed E-state index contributed by atoms with van der Waals surface area (Å²) in [5.41, 5.74) is 6.24. The number of methoxy groups -OCH3 is 1. The lowest BCUT2D eigenvalue weighted by Gasteiger charge is -2.57. The molecule has 0 aliphatic heterocycles. The van der Waals surface area contributed by atoms with Crippen molar-refractivity contribution >= 4 is 5.97 Å². The highest BCUT2D eigenvalue weighted by Crippen LogP contribution is 2.59. The second kappa shape index (κ2) is 9.07. The molecule has 2 bridgehead atoms. The Morgan fingerprint density at radius 1 is 1.06 bits per heavy atom. The van der Waals surface area contributed by atoms with E-state index in [1.54, 1.807) is 11.6 Å². The Kier molecular flexibility index (Phi) is 7.02. The van der Waals surface area contributed by atoms with Crippen molar-refractivity contribution < 1.29 is 38.0 Å². The van der Waals surface area contributed by atoms with Crippen molar-refractivity contribution in [1.82, 2.24) is 0 Å². The molecule has 0 aromatic heterocycles. The average molecular weight is 531 g/mol. The van der Waals surface area contributed by atoms with Crippen LogP contribution in [0.3, 0.4) is 0 Å². The minimum atomic E-state index is -0.300. The molecule has 1 saturated carbocycles. The third-order valence-corrected chi connectivity index (χ3v) is 7.37. The number of hydrogen-bond donors (Lipinski definition) is 0. The number of fused-ring (bicyclic) bond motifs is 1. The number of nitrogens with zero attached hydrogens (tertiary/aromatic N) is 1. The molecular formula is C27H34INO2. The maximum absolute atomic E-state index is 11.8. The van der Waals surface area contributed by atoms with E-state index in [0.29, 0.717) is 11.0 Å². The largest absolute Gasteiger partial charge is 1.00 e. The van der Waals surface area contributed by atoms with Gasteiger partial charge in [0.05, 0.1) is 26.8 Å². The second-order valence-corrected chi connectivity index (χ2v) is 10.3. The van der Waals surface area contributed by atoms with Gasteiger partial charge in [-0.25, -0.2) is 4.79 Å². The number of carbonyl (C=O) groups excluding carboxylic acids is 1. The summed E-state index contributed by atoms with van der Waals surface area (Å²) in [4.78, 5) is 11.8. The highest BCUT2D eigenvalue weighted by molar-refractivity contribution is 5.90. The zero-order valence-corrected chi connectivity index (χ0v) is 21.5. The predicted molar refractivity (Wildman–Crippen MR) is 122 cm³/mol. The van der Waals surface area contributed by atoms with Crippen molar-refractivity contribution in [1.29, 1.82) is 0 Å². The third kappa shape index (κ3) is 4.90. The van der Waals surface area contributed by atoms with E-state index in [-0.39, 0.29) is 29.9 Å². The second-order valence-electron chi connectivity index (χ2n) is 10.3. The topological polar surface area (TPSA) is 26.3 Å². The lowest BCUT2D eigenvalue weighted by molar-refractivity contribution is -0.899. The fraction of sp³-hybridized carbons (Fsp3) is 0.444. The summed E-state index contributed by atoms with van der Waals surface area (Å²) in [6.07, 6.45) is 5.18. The molecule has 3 nitrogen and oxygen atoms in total. The van der Waals surface area contributed by atoms with Gasteiger partial charge in [-0.1, -0.05) is 56.3 Å². The van der Waals surface area contributed by atoms with E-state index in [0.717, 1.165) is 40.5 Å². The van der Waals surface area contributed by atoms with Gasteiger partial charge in [-0.3, -0.25) is 0 Å². The molecule has 0 N–H and O–H groups in total. The van der Waals surface area contributed by atoms with Crippen LogP contribution >= 0.6 is 0 Å². The van der Waals surface area contributed by atoms with Gasteiger partial charge >= 0.3 is 5.97 Å². The SMILES string of the molecule is COC(=O)c1cccc(-c2ccc(C[N+](C)(C)CC3=CC[C@H]4C[C@@H]3C4(C)C)cc2)c1.[I-]. The van der Waals surface area contributed by atoms with Crippen LogP contribution in [0.1, 0.15) is 42.6 Å². The van der Waals surface area contributed by atoms with Gasteiger partial charge in [0.2, 0.25) is 0 Å². The summed E-state index contributed by atoms with van der Waals surface area (Å²) in [7, 11) is 6.09. The number of rotatable bonds is 6. The zero-order valence-electron chi connectivity index (χ0n) is 19.3. The van der Waals surface area contributed by atoms with E-state index in [1.165, 1.54) is 25.5 Å². The summed E-state index contributed by atoms with van der Waals surface area (Å²) < 4.78 is 5.81. The first-order chi connectivity index (χ1) is 14.2. The fourth-order valence-corrected chi connectivity index (χ4v) is 5.45. The molecule has 0 saturated heterocycles. The van der Waals surface area contributed by atoms with Crippen molar-refractivity contribution in [2.75, 3.05) is 27.7 Å². The van der Waals surface area contributed by atoms with Crippen LogP contribution in [0.4, 0.5) is 0 Å². The Morgan fingerprint density at radius 2 is 1.77 bits per heavy atom. The molecule has 2 aromatic carbocycles. The summed E-state index contributed by atoms with van der Waals surface area (Å²) in [6, 6.07) is 16.4. The Hall–Kier alpha value is -1.66. The van der Waals surface area contributed by atoms with Gasteiger partial charge in [0, 0.05) is 5.56 Å². The number of quaternary nitrogens is 1.